The van der Waals surface area contributed by atoms with Gasteiger partial charge in [-0.2, -0.15) is 0 Å². The molecular formula is C31H56NO4P. The highest BCUT2D eigenvalue weighted by Crippen LogP contribution is 2.23. The van der Waals surface area contributed by atoms with Crippen molar-refractivity contribution < 1.29 is 18.6 Å². The van der Waals surface area contributed by atoms with E-state index in [1.807, 2.05) is 18.2 Å². The molecule has 1 rings (SSSR count). The van der Waals surface area contributed by atoms with Gasteiger partial charge in [-0.15, -0.1) is 0 Å². The summed E-state index contributed by atoms with van der Waals surface area (Å²) in [6.07, 6.45) is 26.9. The summed E-state index contributed by atoms with van der Waals surface area (Å²) in [6.45, 7) is 4.35. The summed E-state index contributed by atoms with van der Waals surface area (Å²) in [5.74, 6) is 0.136. The molecule has 1 N–H and O–H groups in total. The summed E-state index contributed by atoms with van der Waals surface area (Å²) in [5.41, 5.74) is 0. The summed E-state index contributed by atoms with van der Waals surface area (Å²) >= 11 is 0. The lowest BCUT2D eigenvalue weighted by molar-refractivity contribution is -0.145. The third kappa shape index (κ3) is 21.3. The molecule has 0 fully saturated rings. The first kappa shape index (κ1) is 33.7. The molecule has 0 bridgehead atoms. The number of nitrogens with one attached hydrogen (secondary N) is 1. The van der Waals surface area contributed by atoms with E-state index in [9.17, 15) is 9.36 Å². The van der Waals surface area contributed by atoms with Gasteiger partial charge in [-0.05, 0) is 25.5 Å². The lowest BCUT2D eigenvalue weighted by atomic mass is 10.0. The molecule has 1 aromatic rings. The molecule has 6 heteroatoms. The van der Waals surface area contributed by atoms with E-state index in [1.165, 1.54) is 116 Å². The highest BCUT2D eigenvalue weighted by Gasteiger charge is 2.17. The third-order valence-electron chi connectivity index (χ3n) is 6.88. The molecule has 0 amide bonds. The Morgan fingerprint density at radius 1 is 0.703 bits per heavy atom. The van der Waals surface area contributed by atoms with Crippen LogP contribution in [-0.4, -0.2) is 18.6 Å². The normalized spacial score (nSPS) is 12.8. The number of para-hydroxylation sites is 1. The largest absolute Gasteiger partial charge is 0.465 e. The van der Waals surface area contributed by atoms with Crippen LogP contribution in [0.25, 0.3) is 0 Å². The van der Waals surface area contributed by atoms with Gasteiger partial charge in [0.2, 0.25) is 0 Å². The Hall–Kier alpha value is -1.32. The van der Waals surface area contributed by atoms with Crippen molar-refractivity contribution in [3.8, 4) is 5.75 Å². The SMILES string of the molecule is CCCCCCCCCCCCCCCCCCCCCCOC(=O)[C@H](C)N[PH](=O)Oc1ccccc1. The van der Waals surface area contributed by atoms with Gasteiger partial charge in [-0.25, -0.2) is 5.09 Å². The van der Waals surface area contributed by atoms with Crippen molar-refractivity contribution in [2.45, 2.75) is 148 Å². The standard InChI is InChI=1S/C31H56NO4P/c1-3-4-5-6-7-8-9-10-11-12-13-14-15-16-17-18-19-20-21-25-28-35-31(33)29(2)32-37(34)36-30-26-23-22-24-27-30/h22-24,26-27,29,37H,3-21,25,28H2,1-2H3,(H,32,34)/t29-/m0/s1. The highest BCUT2D eigenvalue weighted by molar-refractivity contribution is 7.37. The zero-order chi connectivity index (χ0) is 26.8. The van der Waals surface area contributed by atoms with Gasteiger partial charge in [-0.3, -0.25) is 9.36 Å². The highest BCUT2D eigenvalue weighted by atomic mass is 31.1. The average molecular weight is 538 g/mol. The van der Waals surface area contributed by atoms with Crippen LogP contribution in [0.3, 0.4) is 0 Å². The molecule has 0 aliphatic heterocycles. The van der Waals surface area contributed by atoms with Crippen LogP contribution in [-0.2, 0) is 14.1 Å². The van der Waals surface area contributed by atoms with Crippen LogP contribution in [0.15, 0.2) is 30.3 Å². The minimum atomic E-state index is -2.55. The van der Waals surface area contributed by atoms with Gasteiger partial charge in [0.25, 0.3) is 0 Å². The molecule has 0 saturated carbocycles. The van der Waals surface area contributed by atoms with Gasteiger partial charge in [0.05, 0.1) is 6.61 Å². The van der Waals surface area contributed by atoms with Gasteiger partial charge in [0.15, 0.2) is 0 Å². The number of esters is 1. The average Bonchev–Trinajstić information content (AvgIpc) is 2.89. The number of hydrogen-bond donors (Lipinski definition) is 1. The fourth-order valence-electron chi connectivity index (χ4n) is 4.52. The van der Waals surface area contributed by atoms with Crippen LogP contribution >= 0.6 is 8.18 Å². The second-order valence-corrected chi connectivity index (χ2v) is 11.5. The maximum Gasteiger partial charge on any atom is 0.323 e. The van der Waals surface area contributed by atoms with Gasteiger partial charge in [0.1, 0.15) is 11.8 Å². The van der Waals surface area contributed by atoms with E-state index in [0.29, 0.717) is 12.4 Å². The first-order valence-electron chi connectivity index (χ1n) is 15.3. The molecule has 0 spiro atoms. The maximum absolute atomic E-state index is 12.1. The molecule has 1 unspecified atom stereocenters. The first-order valence-corrected chi connectivity index (χ1v) is 16.6. The van der Waals surface area contributed by atoms with Gasteiger partial charge < -0.3 is 9.26 Å². The minimum Gasteiger partial charge on any atom is -0.465 e. The lowest BCUT2D eigenvalue weighted by Crippen LogP contribution is -2.31. The second-order valence-electron chi connectivity index (χ2n) is 10.5. The van der Waals surface area contributed by atoms with E-state index in [-0.39, 0.29) is 5.97 Å². The van der Waals surface area contributed by atoms with E-state index >= 15 is 0 Å². The zero-order valence-corrected chi connectivity index (χ0v) is 24.9. The van der Waals surface area contributed by atoms with Crippen LogP contribution < -0.4 is 9.61 Å². The molecule has 37 heavy (non-hydrogen) atoms. The Morgan fingerprint density at radius 2 is 1.11 bits per heavy atom. The Labute approximate surface area is 228 Å². The number of carbonyl (C=O) groups excluding carboxylic acids is 1. The first-order chi connectivity index (χ1) is 18.1. The van der Waals surface area contributed by atoms with Crippen LogP contribution in [0, 0.1) is 0 Å². The van der Waals surface area contributed by atoms with E-state index in [4.69, 9.17) is 9.26 Å². The number of unbranched alkanes of at least 4 members (excludes halogenated alkanes) is 19. The van der Waals surface area contributed by atoms with Gasteiger partial charge in [-0.1, -0.05) is 147 Å². The molecular weight excluding hydrogens is 481 g/mol. The van der Waals surface area contributed by atoms with Crippen LogP contribution in [0.5, 0.6) is 5.75 Å². The van der Waals surface area contributed by atoms with Crippen molar-refractivity contribution in [2.75, 3.05) is 6.61 Å². The minimum absolute atomic E-state index is 0.382. The quantitative estimate of drug-likeness (QED) is 0.0724. The Kier molecular flexibility index (Phi) is 22.8. The van der Waals surface area contributed by atoms with Crippen molar-refractivity contribution in [2.24, 2.45) is 0 Å². The predicted molar refractivity (Wildman–Crippen MR) is 158 cm³/mol. The summed E-state index contributed by atoms with van der Waals surface area (Å²) in [6, 6.07) is 8.28. The fraction of sp³-hybridized carbons (Fsp3) is 0.774. The summed E-state index contributed by atoms with van der Waals surface area (Å²) < 4.78 is 22.7. The number of carbonyl (C=O) groups is 1. The molecule has 0 heterocycles. The predicted octanol–water partition coefficient (Wildman–Crippen LogP) is 9.80. The second kappa shape index (κ2) is 25.0. The van der Waals surface area contributed by atoms with Crippen LogP contribution in [0.1, 0.15) is 142 Å². The molecule has 0 aliphatic carbocycles. The molecule has 0 aromatic heterocycles. The number of rotatable bonds is 26. The monoisotopic (exact) mass is 537 g/mol. The van der Waals surface area contributed by atoms with Crippen LogP contribution in [0.4, 0.5) is 0 Å². The van der Waals surface area contributed by atoms with Crippen molar-refractivity contribution >= 4 is 14.1 Å². The van der Waals surface area contributed by atoms with Gasteiger partial charge >= 0.3 is 14.1 Å². The van der Waals surface area contributed by atoms with E-state index in [1.54, 1.807) is 19.1 Å². The number of benzene rings is 1. The molecule has 0 saturated heterocycles. The van der Waals surface area contributed by atoms with Crippen molar-refractivity contribution in [1.82, 2.24) is 5.09 Å². The Bertz CT molecular complexity index is 670. The number of ether oxygens (including phenoxy) is 1. The topological polar surface area (TPSA) is 64.6 Å². The summed E-state index contributed by atoms with van der Waals surface area (Å²) in [4.78, 5) is 12.1. The molecule has 2 atom stereocenters. The van der Waals surface area contributed by atoms with Crippen molar-refractivity contribution in [1.29, 1.82) is 0 Å². The third-order valence-corrected chi connectivity index (χ3v) is 7.97. The Morgan fingerprint density at radius 3 is 1.54 bits per heavy atom. The van der Waals surface area contributed by atoms with E-state index in [2.05, 4.69) is 12.0 Å². The Balaban J connectivity index is 1.80. The lowest BCUT2D eigenvalue weighted by Gasteiger charge is -2.13. The summed E-state index contributed by atoms with van der Waals surface area (Å²) in [7, 11) is -2.55. The zero-order valence-electron chi connectivity index (χ0n) is 23.9. The smallest absolute Gasteiger partial charge is 0.323 e. The molecule has 5 nitrogen and oxygen atoms in total. The van der Waals surface area contributed by atoms with Crippen LogP contribution in [0.2, 0.25) is 0 Å². The molecule has 0 aliphatic rings. The molecule has 1 aromatic carbocycles. The van der Waals surface area contributed by atoms with Gasteiger partial charge in [0, 0.05) is 0 Å². The maximum atomic E-state index is 12.1. The van der Waals surface area contributed by atoms with E-state index < -0.39 is 14.2 Å². The van der Waals surface area contributed by atoms with Crippen molar-refractivity contribution in [3.05, 3.63) is 30.3 Å². The fourth-order valence-corrected chi connectivity index (χ4v) is 5.40. The number of hydrogen-bond acceptors (Lipinski definition) is 4. The van der Waals surface area contributed by atoms with Crippen molar-refractivity contribution in [3.63, 3.8) is 0 Å². The summed E-state index contributed by atoms with van der Waals surface area (Å²) in [5, 5.41) is 2.69. The molecule has 0 radical (unpaired) electrons. The molecule has 214 valence electrons. The van der Waals surface area contributed by atoms with E-state index in [0.717, 1.165) is 12.8 Å².